The number of hydrogen-bond donors (Lipinski definition) is 2. The molecule has 0 radical (unpaired) electrons. The summed E-state index contributed by atoms with van der Waals surface area (Å²) in [6.07, 6.45) is 3.09. The molecule has 1 heterocycles. The molecule has 0 unspecified atom stereocenters. The van der Waals surface area contributed by atoms with Gasteiger partial charge in [0.1, 0.15) is 0 Å². The van der Waals surface area contributed by atoms with Gasteiger partial charge in [-0.05, 0) is 32.3 Å². The van der Waals surface area contributed by atoms with Crippen LogP contribution < -0.4 is 10.6 Å². The van der Waals surface area contributed by atoms with E-state index in [9.17, 15) is 9.59 Å². The van der Waals surface area contributed by atoms with Crippen molar-refractivity contribution in [1.82, 2.24) is 15.2 Å². The van der Waals surface area contributed by atoms with E-state index in [0.29, 0.717) is 29.0 Å². The van der Waals surface area contributed by atoms with Crippen LogP contribution in [0.4, 0.5) is 11.4 Å². The van der Waals surface area contributed by atoms with Crippen LogP contribution in [-0.2, 0) is 4.74 Å². The van der Waals surface area contributed by atoms with E-state index < -0.39 is 5.97 Å². The zero-order chi connectivity index (χ0) is 18.2. The number of para-hydroxylation sites is 1. The number of nitrogens with one attached hydrogen (secondary N) is 2. The molecule has 0 saturated heterocycles. The molecule has 0 aliphatic rings. The monoisotopic (exact) mass is 342 g/mol. The highest BCUT2D eigenvalue weighted by molar-refractivity contribution is 5.97. The van der Waals surface area contributed by atoms with Gasteiger partial charge < -0.3 is 20.3 Å². The minimum absolute atomic E-state index is 0.195. The Balaban J connectivity index is 2.12. The second-order valence-electron chi connectivity index (χ2n) is 5.68. The number of carbonyl (C=O) groups is 2. The molecular formula is C18H22N4O3. The number of pyridine rings is 1. The molecule has 2 rings (SSSR count). The van der Waals surface area contributed by atoms with Crippen molar-refractivity contribution in [3.63, 3.8) is 0 Å². The first-order valence-electron chi connectivity index (χ1n) is 7.83. The van der Waals surface area contributed by atoms with Gasteiger partial charge in [0.2, 0.25) is 0 Å². The van der Waals surface area contributed by atoms with Crippen molar-refractivity contribution < 1.29 is 14.3 Å². The Labute approximate surface area is 147 Å². The molecule has 1 aromatic heterocycles. The van der Waals surface area contributed by atoms with Gasteiger partial charge in [-0.15, -0.1) is 0 Å². The van der Waals surface area contributed by atoms with Gasteiger partial charge in [-0.3, -0.25) is 9.78 Å². The Kier molecular flexibility index (Phi) is 6.47. The molecule has 2 N–H and O–H groups in total. The molecule has 7 heteroatoms. The summed E-state index contributed by atoms with van der Waals surface area (Å²) >= 11 is 0. The summed E-state index contributed by atoms with van der Waals surface area (Å²) in [5.41, 5.74) is 2.04. The molecule has 1 amide bonds. The third-order valence-electron chi connectivity index (χ3n) is 3.46. The number of esters is 1. The van der Waals surface area contributed by atoms with Crippen molar-refractivity contribution in [1.29, 1.82) is 0 Å². The quantitative estimate of drug-likeness (QED) is 0.748. The normalized spacial score (nSPS) is 10.4. The van der Waals surface area contributed by atoms with E-state index in [2.05, 4.69) is 15.6 Å². The van der Waals surface area contributed by atoms with Crippen molar-refractivity contribution in [3.8, 4) is 0 Å². The average molecular weight is 342 g/mol. The standard InChI is InChI=1S/C18H22N4O3/c1-22(2)9-8-20-17(23)13-10-14(12-19-11-13)21-16-7-5-4-6-15(16)18(24)25-3/h4-7,10-12,21H,8-9H2,1-3H3,(H,20,23). The fraction of sp³-hybridized carbons (Fsp3) is 0.278. The molecule has 0 spiro atoms. The Hall–Kier alpha value is -2.93. The van der Waals surface area contributed by atoms with Gasteiger partial charge >= 0.3 is 5.97 Å². The number of anilines is 2. The molecule has 0 saturated carbocycles. The molecule has 0 atom stereocenters. The Morgan fingerprint density at radius 3 is 2.68 bits per heavy atom. The Bertz CT molecular complexity index is 747. The average Bonchev–Trinajstić information content (AvgIpc) is 2.61. The third-order valence-corrected chi connectivity index (χ3v) is 3.46. The van der Waals surface area contributed by atoms with Crippen molar-refractivity contribution in [2.24, 2.45) is 0 Å². The first kappa shape index (κ1) is 18.4. The van der Waals surface area contributed by atoms with Gasteiger partial charge in [0.15, 0.2) is 0 Å². The second-order valence-corrected chi connectivity index (χ2v) is 5.68. The lowest BCUT2D eigenvalue weighted by Crippen LogP contribution is -2.31. The lowest BCUT2D eigenvalue weighted by Gasteiger charge is -2.12. The zero-order valence-corrected chi connectivity index (χ0v) is 14.6. The van der Waals surface area contributed by atoms with Crippen molar-refractivity contribution in [2.75, 3.05) is 39.6 Å². The summed E-state index contributed by atoms with van der Waals surface area (Å²) in [5, 5.41) is 5.94. The molecular weight excluding hydrogens is 320 g/mol. The van der Waals surface area contributed by atoms with E-state index in [1.165, 1.54) is 13.3 Å². The highest BCUT2D eigenvalue weighted by atomic mass is 16.5. The SMILES string of the molecule is COC(=O)c1ccccc1Nc1cncc(C(=O)NCCN(C)C)c1. The smallest absolute Gasteiger partial charge is 0.339 e. The summed E-state index contributed by atoms with van der Waals surface area (Å²) in [4.78, 5) is 30.1. The van der Waals surface area contributed by atoms with Gasteiger partial charge in [-0.1, -0.05) is 12.1 Å². The summed E-state index contributed by atoms with van der Waals surface area (Å²) in [5.74, 6) is -0.632. The number of amides is 1. The molecule has 0 aliphatic heterocycles. The van der Waals surface area contributed by atoms with E-state index in [1.807, 2.05) is 19.0 Å². The number of ether oxygens (including phenoxy) is 1. The molecule has 0 aliphatic carbocycles. The number of benzene rings is 1. The van der Waals surface area contributed by atoms with Crippen molar-refractivity contribution >= 4 is 23.3 Å². The Morgan fingerprint density at radius 1 is 1.20 bits per heavy atom. The van der Waals surface area contributed by atoms with Gasteiger partial charge in [0, 0.05) is 19.3 Å². The van der Waals surface area contributed by atoms with Crippen LogP contribution >= 0.6 is 0 Å². The number of aromatic nitrogens is 1. The van der Waals surface area contributed by atoms with Gasteiger partial charge in [0.05, 0.1) is 35.8 Å². The summed E-state index contributed by atoms with van der Waals surface area (Å²) < 4.78 is 4.78. The number of methoxy groups -OCH3 is 1. The molecule has 7 nitrogen and oxygen atoms in total. The molecule has 2 aromatic rings. The maximum Gasteiger partial charge on any atom is 0.339 e. The number of hydrogen-bond acceptors (Lipinski definition) is 6. The van der Waals surface area contributed by atoms with E-state index >= 15 is 0 Å². The van der Waals surface area contributed by atoms with Crippen LogP contribution in [0.1, 0.15) is 20.7 Å². The predicted octanol–water partition coefficient (Wildman–Crippen LogP) is 1.90. The first-order valence-corrected chi connectivity index (χ1v) is 7.83. The summed E-state index contributed by atoms with van der Waals surface area (Å²) in [7, 11) is 5.22. The minimum Gasteiger partial charge on any atom is -0.465 e. The van der Waals surface area contributed by atoms with E-state index in [4.69, 9.17) is 4.74 Å². The number of rotatable bonds is 7. The Morgan fingerprint density at radius 2 is 1.96 bits per heavy atom. The maximum atomic E-state index is 12.2. The topological polar surface area (TPSA) is 83.6 Å². The molecule has 25 heavy (non-hydrogen) atoms. The first-order chi connectivity index (χ1) is 12.0. The fourth-order valence-corrected chi connectivity index (χ4v) is 2.16. The minimum atomic E-state index is -0.436. The van der Waals surface area contributed by atoms with Gasteiger partial charge in [0.25, 0.3) is 5.91 Å². The van der Waals surface area contributed by atoms with Gasteiger partial charge in [-0.2, -0.15) is 0 Å². The lowest BCUT2D eigenvalue weighted by atomic mass is 10.1. The summed E-state index contributed by atoms with van der Waals surface area (Å²) in [6, 6.07) is 8.67. The predicted molar refractivity (Wildman–Crippen MR) is 96.2 cm³/mol. The van der Waals surface area contributed by atoms with E-state index in [0.717, 1.165) is 6.54 Å². The van der Waals surface area contributed by atoms with Crippen molar-refractivity contribution in [3.05, 3.63) is 53.9 Å². The van der Waals surface area contributed by atoms with E-state index in [-0.39, 0.29) is 5.91 Å². The maximum absolute atomic E-state index is 12.2. The van der Waals surface area contributed by atoms with Crippen LogP contribution in [0, 0.1) is 0 Å². The van der Waals surface area contributed by atoms with Crippen LogP contribution in [0.15, 0.2) is 42.7 Å². The van der Waals surface area contributed by atoms with Crippen LogP contribution in [-0.4, -0.2) is 56.1 Å². The lowest BCUT2D eigenvalue weighted by molar-refractivity contribution is 0.0601. The van der Waals surface area contributed by atoms with Gasteiger partial charge in [-0.25, -0.2) is 4.79 Å². The third kappa shape index (κ3) is 5.29. The zero-order valence-electron chi connectivity index (χ0n) is 14.6. The highest BCUT2D eigenvalue weighted by Crippen LogP contribution is 2.21. The second kappa shape index (κ2) is 8.79. The fourth-order valence-electron chi connectivity index (χ4n) is 2.16. The highest BCUT2D eigenvalue weighted by Gasteiger charge is 2.12. The number of carbonyl (C=O) groups excluding carboxylic acids is 2. The number of nitrogens with zero attached hydrogens (tertiary/aromatic N) is 2. The van der Waals surface area contributed by atoms with Crippen LogP contribution in [0.3, 0.4) is 0 Å². The van der Waals surface area contributed by atoms with Crippen LogP contribution in [0.25, 0.3) is 0 Å². The molecule has 1 aromatic carbocycles. The van der Waals surface area contributed by atoms with Crippen LogP contribution in [0.5, 0.6) is 0 Å². The van der Waals surface area contributed by atoms with E-state index in [1.54, 1.807) is 36.5 Å². The van der Waals surface area contributed by atoms with Crippen LogP contribution in [0.2, 0.25) is 0 Å². The summed E-state index contributed by atoms with van der Waals surface area (Å²) in [6.45, 7) is 1.30. The molecule has 132 valence electrons. The largest absolute Gasteiger partial charge is 0.465 e. The number of likely N-dealkylation sites (N-methyl/N-ethyl adjacent to an activating group) is 1. The molecule has 0 fully saturated rings. The van der Waals surface area contributed by atoms with Crippen molar-refractivity contribution in [2.45, 2.75) is 0 Å². The molecule has 0 bridgehead atoms.